The number of nitrogens with zero attached hydrogens (tertiary/aromatic N) is 6. The maximum atomic E-state index is 5.59. The van der Waals surface area contributed by atoms with Crippen LogP contribution in [0.2, 0.25) is 0 Å². The topological polar surface area (TPSA) is 79.3 Å². The molecule has 9 heteroatoms. The molecule has 3 aromatic heterocycles. The van der Waals surface area contributed by atoms with Crippen molar-refractivity contribution < 1.29 is 4.74 Å². The SMILES string of the molecule is C[C@@H]1CN(c2nnnc3c2sc2nc(N4CCOCC4)c4c(c23)CCCC4)CCN1. The van der Waals surface area contributed by atoms with Crippen LogP contribution in [-0.2, 0) is 17.6 Å². The van der Waals surface area contributed by atoms with Crippen molar-refractivity contribution in [1.82, 2.24) is 25.7 Å². The number of thiophene rings is 1. The number of pyridine rings is 1. The van der Waals surface area contributed by atoms with Gasteiger partial charge in [0.2, 0.25) is 0 Å². The molecule has 0 saturated carbocycles. The van der Waals surface area contributed by atoms with E-state index in [1.807, 2.05) is 0 Å². The van der Waals surface area contributed by atoms with Crippen molar-refractivity contribution in [3.8, 4) is 0 Å². The van der Waals surface area contributed by atoms with Crippen molar-refractivity contribution in [3.63, 3.8) is 0 Å². The zero-order valence-electron chi connectivity index (χ0n) is 17.4. The van der Waals surface area contributed by atoms with E-state index in [0.717, 1.165) is 79.6 Å². The normalized spacial score (nSPS) is 22.6. The molecule has 0 unspecified atom stereocenters. The van der Waals surface area contributed by atoms with Crippen LogP contribution in [0.25, 0.3) is 20.4 Å². The molecule has 158 valence electrons. The number of nitrogens with one attached hydrogen (secondary N) is 1. The minimum Gasteiger partial charge on any atom is -0.378 e. The second-order valence-electron chi connectivity index (χ2n) is 8.57. The van der Waals surface area contributed by atoms with Gasteiger partial charge in [-0.3, -0.25) is 0 Å². The Labute approximate surface area is 179 Å². The van der Waals surface area contributed by atoms with Crippen LogP contribution in [-0.4, -0.2) is 72.4 Å². The first kappa shape index (κ1) is 18.7. The molecule has 1 aliphatic carbocycles. The lowest BCUT2D eigenvalue weighted by atomic mass is 9.90. The number of aryl methyl sites for hydroxylation is 1. The van der Waals surface area contributed by atoms with Gasteiger partial charge in [0.25, 0.3) is 0 Å². The first-order valence-electron chi connectivity index (χ1n) is 11.1. The molecule has 2 aliphatic heterocycles. The number of rotatable bonds is 2. The van der Waals surface area contributed by atoms with Crippen LogP contribution in [0.1, 0.15) is 30.9 Å². The van der Waals surface area contributed by atoms with Gasteiger partial charge in [0, 0.05) is 44.2 Å². The summed E-state index contributed by atoms with van der Waals surface area (Å²) in [4.78, 5) is 11.1. The largest absolute Gasteiger partial charge is 0.378 e. The molecule has 0 bridgehead atoms. The maximum absolute atomic E-state index is 5.59. The minimum absolute atomic E-state index is 0.442. The molecular weight excluding hydrogens is 398 g/mol. The predicted molar refractivity (Wildman–Crippen MR) is 120 cm³/mol. The Morgan fingerprint density at radius 1 is 1.00 bits per heavy atom. The van der Waals surface area contributed by atoms with Crippen LogP contribution >= 0.6 is 11.3 Å². The summed E-state index contributed by atoms with van der Waals surface area (Å²) in [6.45, 7) is 8.46. The molecule has 8 nitrogen and oxygen atoms in total. The lowest BCUT2D eigenvalue weighted by Gasteiger charge is -2.32. The highest BCUT2D eigenvalue weighted by Gasteiger charge is 2.28. The van der Waals surface area contributed by atoms with Crippen molar-refractivity contribution >= 4 is 43.4 Å². The van der Waals surface area contributed by atoms with Crippen molar-refractivity contribution in [2.24, 2.45) is 0 Å². The molecule has 2 saturated heterocycles. The average Bonchev–Trinajstić information content (AvgIpc) is 3.18. The fraction of sp³-hybridized carbons (Fsp3) is 0.619. The highest BCUT2D eigenvalue weighted by atomic mass is 32.1. The second kappa shape index (κ2) is 7.55. The van der Waals surface area contributed by atoms with Crippen molar-refractivity contribution in [1.29, 1.82) is 0 Å². The van der Waals surface area contributed by atoms with Crippen LogP contribution in [0, 0.1) is 0 Å². The maximum Gasteiger partial charge on any atom is 0.172 e. The summed E-state index contributed by atoms with van der Waals surface area (Å²) in [5, 5.41) is 17.9. The number of morpholine rings is 1. The molecule has 2 fully saturated rings. The van der Waals surface area contributed by atoms with Gasteiger partial charge in [-0.25, -0.2) is 4.98 Å². The van der Waals surface area contributed by atoms with Gasteiger partial charge in [0.05, 0.1) is 13.2 Å². The van der Waals surface area contributed by atoms with E-state index in [1.54, 1.807) is 11.3 Å². The molecule has 1 atom stereocenters. The summed E-state index contributed by atoms with van der Waals surface area (Å²) >= 11 is 1.74. The number of fused-ring (bicyclic) bond motifs is 5. The molecule has 3 aliphatic rings. The van der Waals surface area contributed by atoms with Gasteiger partial charge in [-0.1, -0.05) is 0 Å². The van der Waals surface area contributed by atoms with Crippen LogP contribution < -0.4 is 15.1 Å². The third-order valence-corrected chi connectivity index (χ3v) is 7.65. The zero-order chi connectivity index (χ0) is 20.1. The summed E-state index contributed by atoms with van der Waals surface area (Å²) in [7, 11) is 0. The first-order valence-corrected chi connectivity index (χ1v) is 11.9. The van der Waals surface area contributed by atoms with Gasteiger partial charge in [-0.2, -0.15) is 0 Å². The average molecular weight is 426 g/mol. The van der Waals surface area contributed by atoms with Crippen LogP contribution in [0.5, 0.6) is 0 Å². The Morgan fingerprint density at radius 2 is 1.83 bits per heavy atom. The van der Waals surface area contributed by atoms with Gasteiger partial charge < -0.3 is 19.9 Å². The molecule has 3 aromatic rings. The van der Waals surface area contributed by atoms with E-state index in [2.05, 4.69) is 37.5 Å². The third-order valence-electron chi connectivity index (χ3n) is 6.58. The van der Waals surface area contributed by atoms with Crippen molar-refractivity contribution in [2.75, 3.05) is 55.7 Å². The zero-order valence-corrected chi connectivity index (χ0v) is 18.2. The summed E-state index contributed by atoms with van der Waals surface area (Å²) < 4.78 is 6.72. The molecule has 6 rings (SSSR count). The summed E-state index contributed by atoms with van der Waals surface area (Å²) in [6.07, 6.45) is 4.66. The molecule has 0 radical (unpaired) electrons. The number of anilines is 2. The third kappa shape index (κ3) is 3.02. The Bertz CT molecular complexity index is 1090. The Balaban J connectivity index is 1.55. The van der Waals surface area contributed by atoms with Gasteiger partial charge >= 0.3 is 0 Å². The summed E-state index contributed by atoms with van der Waals surface area (Å²) in [5.74, 6) is 2.14. The number of piperazine rings is 1. The Morgan fingerprint density at radius 3 is 2.67 bits per heavy atom. The van der Waals surface area contributed by atoms with Gasteiger partial charge in [-0.15, -0.1) is 21.5 Å². The number of hydrogen-bond acceptors (Lipinski definition) is 9. The van der Waals surface area contributed by atoms with E-state index >= 15 is 0 Å². The Hall–Kier alpha value is -2.10. The Kier molecular flexibility index (Phi) is 4.69. The molecule has 5 heterocycles. The predicted octanol–water partition coefficient (Wildman–Crippen LogP) is 2.15. The number of aromatic nitrogens is 4. The molecule has 0 spiro atoms. The van der Waals surface area contributed by atoms with Gasteiger partial charge in [0.15, 0.2) is 5.82 Å². The molecule has 0 amide bonds. The van der Waals surface area contributed by atoms with E-state index in [0.29, 0.717) is 6.04 Å². The second-order valence-corrected chi connectivity index (χ2v) is 9.57. The van der Waals surface area contributed by atoms with Crippen molar-refractivity contribution in [3.05, 3.63) is 11.1 Å². The van der Waals surface area contributed by atoms with E-state index in [4.69, 9.17) is 9.72 Å². The van der Waals surface area contributed by atoms with Crippen LogP contribution in [0.3, 0.4) is 0 Å². The van der Waals surface area contributed by atoms with E-state index in [9.17, 15) is 0 Å². The lowest BCUT2D eigenvalue weighted by Crippen LogP contribution is -2.49. The minimum atomic E-state index is 0.442. The highest BCUT2D eigenvalue weighted by molar-refractivity contribution is 7.26. The van der Waals surface area contributed by atoms with E-state index < -0.39 is 0 Å². The highest BCUT2D eigenvalue weighted by Crippen LogP contribution is 2.43. The number of ether oxygens (including phenoxy) is 1. The summed E-state index contributed by atoms with van der Waals surface area (Å²) in [6, 6.07) is 0.442. The monoisotopic (exact) mass is 425 g/mol. The lowest BCUT2D eigenvalue weighted by molar-refractivity contribution is 0.122. The standard InChI is InChI=1S/C21H27N7OS/c1-13-12-28(7-6-22-13)20-18-17(24-26-25-20)16-14-4-2-3-5-15(14)19(23-21(16)30-18)27-8-10-29-11-9-27/h13,22H,2-12H2,1H3/t13-/m1/s1. The summed E-state index contributed by atoms with van der Waals surface area (Å²) in [5.41, 5.74) is 3.86. The van der Waals surface area contributed by atoms with Gasteiger partial charge in [-0.05, 0) is 48.9 Å². The van der Waals surface area contributed by atoms with Crippen molar-refractivity contribution in [2.45, 2.75) is 38.6 Å². The fourth-order valence-electron chi connectivity index (χ4n) is 5.12. The smallest absolute Gasteiger partial charge is 0.172 e. The first-order chi connectivity index (χ1) is 14.8. The van der Waals surface area contributed by atoms with E-state index in [-0.39, 0.29) is 0 Å². The molecular formula is C21H27N7OS. The quantitative estimate of drug-likeness (QED) is 0.669. The van der Waals surface area contributed by atoms with E-state index in [1.165, 1.54) is 35.2 Å². The molecule has 1 N–H and O–H groups in total. The van der Waals surface area contributed by atoms with Gasteiger partial charge in [0.1, 0.15) is 20.9 Å². The van der Waals surface area contributed by atoms with Crippen LogP contribution in [0.4, 0.5) is 11.6 Å². The van der Waals surface area contributed by atoms with Crippen LogP contribution in [0.15, 0.2) is 0 Å². The number of hydrogen-bond donors (Lipinski definition) is 1. The molecule has 30 heavy (non-hydrogen) atoms. The molecule has 0 aromatic carbocycles. The fourth-order valence-corrected chi connectivity index (χ4v) is 6.27.